The molecule has 0 atom stereocenters. The third kappa shape index (κ3) is 4.36. The first-order chi connectivity index (χ1) is 12.6. The largest absolute Gasteiger partial charge is 0.495 e. The maximum Gasteiger partial charge on any atom is 0.258 e. The number of halogens is 1. The molecule has 0 spiro atoms. The number of thioether (sulfide) groups is 1. The van der Waals surface area contributed by atoms with E-state index < -0.39 is 0 Å². The molecule has 1 aromatic carbocycles. The summed E-state index contributed by atoms with van der Waals surface area (Å²) in [4.78, 5) is 28.6. The summed E-state index contributed by atoms with van der Waals surface area (Å²) in [6.45, 7) is 0. The molecule has 1 N–H and O–H groups in total. The van der Waals surface area contributed by atoms with Crippen LogP contribution in [0.3, 0.4) is 0 Å². The molecule has 0 saturated heterocycles. The molecule has 0 saturated carbocycles. The van der Waals surface area contributed by atoms with Gasteiger partial charge in [-0.3, -0.25) is 14.0 Å². The van der Waals surface area contributed by atoms with E-state index in [4.69, 9.17) is 16.3 Å². The molecule has 2 heterocycles. The number of nitrogens with one attached hydrogen (secondary N) is 1. The van der Waals surface area contributed by atoms with Gasteiger partial charge in [-0.2, -0.15) is 0 Å². The van der Waals surface area contributed by atoms with E-state index in [1.54, 1.807) is 31.4 Å². The van der Waals surface area contributed by atoms with Crippen molar-refractivity contribution in [3.63, 3.8) is 0 Å². The van der Waals surface area contributed by atoms with Crippen molar-refractivity contribution in [3.8, 4) is 5.75 Å². The molecule has 2 aromatic heterocycles. The van der Waals surface area contributed by atoms with Crippen LogP contribution in [0, 0.1) is 0 Å². The molecule has 26 heavy (non-hydrogen) atoms. The number of para-hydroxylation sites is 2. The fraction of sp³-hybridized carbons (Fsp3) is 0.167. The zero-order valence-electron chi connectivity index (χ0n) is 13.9. The Labute approximate surface area is 159 Å². The highest BCUT2D eigenvalue weighted by Crippen LogP contribution is 2.23. The van der Waals surface area contributed by atoms with Gasteiger partial charge in [-0.15, -0.1) is 11.8 Å². The molecule has 134 valence electrons. The average Bonchev–Trinajstić information content (AvgIpc) is 2.63. The molecule has 0 aliphatic rings. The minimum Gasteiger partial charge on any atom is -0.495 e. The SMILES string of the molecule is COc1ccccc1NC(=O)CSCc1cc(=O)n2cc(Cl)ccc2n1. The van der Waals surface area contributed by atoms with Crippen LogP contribution in [0.15, 0.2) is 53.5 Å². The summed E-state index contributed by atoms with van der Waals surface area (Å²) >= 11 is 7.27. The number of hydrogen-bond acceptors (Lipinski definition) is 5. The predicted octanol–water partition coefficient (Wildman–Crippen LogP) is 3.23. The zero-order chi connectivity index (χ0) is 18.5. The molecule has 3 rings (SSSR count). The fourth-order valence-corrected chi connectivity index (χ4v) is 3.26. The van der Waals surface area contributed by atoms with E-state index in [1.165, 1.54) is 28.4 Å². The highest BCUT2D eigenvalue weighted by atomic mass is 35.5. The van der Waals surface area contributed by atoms with Gasteiger partial charge in [-0.25, -0.2) is 4.98 Å². The monoisotopic (exact) mass is 389 g/mol. The van der Waals surface area contributed by atoms with E-state index >= 15 is 0 Å². The molecule has 0 radical (unpaired) electrons. The third-order valence-electron chi connectivity index (χ3n) is 3.54. The van der Waals surface area contributed by atoms with Crippen molar-refractivity contribution in [2.24, 2.45) is 0 Å². The Kier molecular flexibility index (Phi) is 5.80. The van der Waals surface area contributed by atoms with Crippen molar-refractivity contribution >= 4 is 40.6 Å². The van der Waals surface area contributed by atoms with Gasteiger partial charge in [-0.1, -0.05) is 23.7 Å². The number of rotatable bonds is 6. The summed E-state index contributed by atoms with van der Waals surface area (Å²) in [6.07, 6.45) is 1.53. The number of carbonyl (C=O) groups is 1. The summed E-state index contributed by atoms with van der Waals surface area (Å²) in [7, 11) is 1.55. The quantitative estimate of drug-likeness (QED) is 0.700. The van der Waals surface area contributed by atoms with Crippen molar-refractivity contribution in [3.05, 3.63) is 69.7 Å². The zero-order valence-corrected chi connectivity index (χ0v) is 15.5. The van der Waals surface area contributed by atoms with Crippen molar-refractivity contribution in [1.29, 1.82) is 0 Å². The Morgan fingerprint density at radius 2 is 2.12 bits per heavy atom. The fourth-order valence-electron chi connectivity index (χ4n) is 2.38. The van der Waals surface area contributed by atoms with Crippen LogP contribution in [-0.4, -0.2) is 28.2 Å². The number of aromatic nitrogens is 2. The third-order valence-corrected chi connectivity index (χ3v) is 4.73. The number of carbonyl (C=O) groups excluding carboxylic acids is 1. The molecule has 3 aromatic rings. The Balaban J connectivity index is 1.61. The number of fused-ring (bicyclic) bond motifs is 1. The standard InChI is InChI=1S/C18H16ClN3O3S/c1-25-15-5-3-2-4-14(15)21-17(23)11-26-10-13-8-18(24)22-9-12(19)6-7-16(22)20-13/h2-9H,10-11H2,1H3,(H,21,23). The van der Waals surface area contributed by atoms with Crippen LogP contribution in [0.2, 0.25) is 5.02 Å². The van der Waals surface area contributed by atoms with Crippen LogP contribution in [0.4, 0.5) is 5.69 Å². The lowest BCUT2D eigenvalue weighted by atomic mass is 10.3. The lowest BCUT2D eigenvalue weighted by Crippen LogP contribution is -2.16. The smallest absolute Gasteiger partial charge is 0.258 e. The van der Waals surface area contributed by atoms with E-state index in [2.05, 4.69) is 10.3 Å². The summed E-state index contributed by atoms with van der Waals surface area (Å²) in [5.41, 5.74) is 1.56. The van der Waals surface area contributed by atoms with Gasteiger partial charge >= 0.3 is 0 Å². The number of methoxy groups -OCH3 is 1. The van der Waals surface area contributed by atoms with Gasteiger partial charge in [0.25, 0.3) is 5.56 Å². The lowest BCUT2D eigenvalue weighted by Gasteiger charge is -2.09. The highest BCUT2D eigenvalue weighted by molar-refractivity contribution is 7.99. The highest BCUT2D eigenvalue weighted by Gasteiger charge is 2.08. The maximum atomic E-state index is 12.1. The van der Waals surface area contributed by atoms with Gasteiger partial charge in [0.1, 0.15) is 11.4 Å². The number of nitrogens with zero attached hydrogens (tertiary/aromatic N) is 2. The van der Waals surface area contributed by atoms with Gasteiger partial charge in [0.2, 0.25) is 5.91 Å². The average molecular weight is 390 g/mol. The lowest BCUT2D eigenvalue weighted by molar-refractivity contribution is -0.113. The summed E-state index contributed by atoms with van der Waals surface area (Å²) in [5.74, 6) is 1.14. The minimum absolute atomic E-state index is 0.149. The van der Waals surface area contributed by atoms with Gasteiger partial charge in [0, 0.05) is 18.0 Å². The Bertz CT molecular complexity index is 1010. The molecule has 0 fully saturated rings. The molecular formula is C18H16ClN3O3S. The summed E-state index contributed by atoms with van der Waals surface area (Å²) in [6, 6.07) is 12.0. The van der Waals surface area contributed by atoms with Crippen LogP contribution in [-0.2, 0) is 10.5 Å². The first-order valence-electron chi connectivity index (χ1n) is 7.75. The second-order valence-electron chi connectivity index (χ2n) is 5.40. The second kappa shape index (κ2) is 8.25. The normalized spacial score (nSPS) is 10.7. The van der Waals surface area contributed by atoms with Gasteiger partial charge in [-0.05, 0) is 24.3 Å². The number of amides is 1. The number of anilines is 1. The van der Waals surface area contributed by atoms with Gasteiger partial charge in [0.05, 0.1) is 29.3 Å². The van der Waals surface area contributed by atoms with E-state index in [-0.39, 0.29) is 17.2 Å². The number of benzene rings is 1. The number of pyridine rings is 1. The molecular weight excluding hydrogens is 374 g/mol. The summed E-state index contributed by atoms with van der Waals surface area (Å²) in [5, 5.41) is 3.28. The van der Waals surface area contributed by atoms with Gasteiger partial charge < -0.3 is 10.1 Å². The van der Waals surface area contributed by atoms with Crippen LogP contribution in [0.1, 0.15) is 5.69 Å². The Morgan fingerprint density at radius 3 is 2.92 bits per heavy atom. The van der Waals surface area contributed by atoms with E-state index in [0.29, 0.717) is 33.6 Å². The maximum absolute atomic E-state index is 12.1. The molecule has 6 nitrogen and oxygen atoms in total. The predicted molar refractivity (Wildman–Crippen MR) is 104 cm³/mol. The number of ether oxygens (including phenoxy) is 1. The van der Waals surface area contributed by atoms with Crippen molar-refractivity contribution in [2.75, 3.05) is 18.2 Å². The first-order valence-corrected chi connectivity index (χ1v) is 9.28. The van der Waals surface area contributed by atoms with Crippen LogP contribution >= 0.6 is 23.4 Å². The van der Waals surface area contributed by atoms with Crippen molar-refractivity contribution in [1.82, 2.24) is 9.38 Å². The number of hydrogen-bond donors (Lipinski definition) is 1. The second-order valence-corrected chi connectivity index (χ2v) is 6.82. The minimum atomic E-state index is -0.202. The summed E-state index contributed by atoms with van der Waals surface area (Å²) < 4.78 is 6.60. The Morgan fingerprint density at radius 1 is 1.31 bits per heavy atom. The molecule has 0 unspecified atom stereocenters. The Hall–Kier alpha value is -2.51. The van der Waals surface area contributed by atoms with Gasteiger partial charge in [0.15, 0.2) is 0 Å². The molecule has 1 amide bonds. The van der Waals surface area contributed by atoms with Crippen LogP contribution < -0.4 is 15.6 Å². The van der Waals surface area contributed by atoms with E-state index in [0.717, 1.165) is 0 Å². The molecule has 0 aliphatic carbocycles. The van der Waals surface area contributed by atoms with Crippen molar-refractivity contribution < 1.29 is 9.53 Å². The van der Waals surface area contributed by atoms with E-state index in [9.17, 15) is 9.59 Å². The van der Waals surface area contributed by atoms with E-state index in [1.807, 2.05) is 12.1 Å². The topological polar surface area (TPSA) is 72.7 Å². The molecule has 0 bridgehead atoms. The molecule has 0 aliphatic heterocycles. The van der Waals surface area contributed by atoms with Crippen LogP contribution in [0.25, 0.3) is 5.65 Å². The first kappa shape index (κ1) is 18.3. The van der Waals surface area contributed by atoms with Crippen molar-refractivity contribution in [2.45, 2.75) is 5.75 Å². The molecule has 8 heteroatoms. The van der Waals surface area contributed by atoms with Crippen LogP contribution in [0.5, 0.6) is 5.75 Å².